The van der Waals surface area contributed by atoms with Crippen molar-refractivity contribution in [1.82, 2.24) is 0 Å². The van der Waals surface area contributed by atoms with Crippen LogP contribution in [0.2, 0.25) is 0 Å². The number of hydrogen-bond donors (Lipinski definition) is 0. The van der Waals surface area contributed by atoms with Gasteiger partial charge in [-0.2, -0.15) is 13.2 Å². The Bertz CT molecular complexity index is 2360. The van der Waals surface area contributed by atoms with E-state index in [9.17, 15) is 13.2 Å². The quantitative estimate of drug-likeness (QED) is 0.184. The van der Waals surface area contributed by atoms with E-state index in [0.29, 0.717) is 0 Å². The first-order valence-electron chi connectivity index (χ1n) is 14.6. The van der Waals surface area contributed by atoms with Crippen molar-refractivity contribution in [2.75, 3.05) is 0 Å². The third kappa shape index (κ3) is 4.40. The van der Waals surface area contributed by atoms with E-state index in [1.54, 1.807) is 12.1 Å². The topological polar surface area (TPSA) is 0 Å². The molecule has 3 heteroatoms. The van der Waals surface area contributed by atoms with Gasteiger partial charge in [-0.15, -0.1) is 0 Å². The van der Waals surface area contributed by atoms with Crippen LogP contribution < -0.4 is 0 Å². The lowest BCUT2D eigenvalue weighted by molar-refractivity contribution is -0.137. The zero-order valence-electron chi connectivity index (χ0n) is 23.6. The molecule has 0 aromatic heterocycles. The number of alkyl halides is 3. The molecule has 0 bridgehead atoms. The van der Waals surface area contributed by atoms with Gasteiger partial charge in [0.25, 0.3) is 0 Å². The lowest BCUT2D eigenvalue weighted by Crippen LogP contribution is -2.03. The summed E-state index contributed by atoms with van der Waals surface area (Å²) in [4.78, 5) is 0. The molecule has 0 aliphatic carbocycles. The fraction of sp³-hybridized carbons (Fsp3) is 0.0244. The largest absolute Gasteiger partial charge is 0.416 e. The van der Waals surface area contributed by atoms with Gasteiger partial charge in [0.2, 0.25) is 0 Å². The highest BCUT2D eigenvalue weighted by molar-refractivity contribution is 6.22. The molecule has 8 aromatic carbocycles. The third-order valence-corrected chi connectivity index (χ3v) is 8.65. The van der Waals surface area contributed by atoms with Crippen LogP contribution in [-0.4, -0.2) is 0 Å². The van der Waals surface area contributed by atoms with Gasteiger partial charge >= 0.3 is 6.18 Å². The van der Waals surface area contributed by atoms with Crippen LogP contribution in [-0.2, 0) is 6.18 Å². The molecule has 0 spiro atoms. The lowest BCUT2D eigenvalue weighted by Gasteiger charge is -2.19. The van der Waals surface area contributed by atoms with E-state index in [0.717, 1.165) is 72.4 Å². The minimum Gasteiger partial charge on any atom is -0.166 e. The highest BCUT2D eigenvalue weighted by Gasteiger charge is 2.30. The molecule has 0 atom stereocenters. The molecule has 0 aliphatic rings. The van der Waals surface area contributed by atoms with Gasteiger partial charge in [0, 0.05) is 0 Å². The highest BCUT2D eigenvalue weighted by atomic mass is 19.4. The standard InChI is InChI=1S/C41H25F3/c42-41(43,44)34-20-17-28(18-21-34)31-19-22-37-38(25-31)40(33-16-14-27-8-2-4-10-30(27)24-33)36-12-6-5-11-35(36)39(37)32-15-13-26-7-1-3-9-29(26)23-32/h1-25H. The predicted octanol–water partition coefficient (Wildman–Crippen LogP) is 12.3. The average molecular weight is 575 g/mol. The van der Waals surface area contributed by atoms with Crippen molar-refractivity contribution in [3.05, 3.63) is 157 Å². The van der Waals surface area contributed by atoms with Crippen LogP contribution in [0, 0.1) is 0 Å². The van der Waals surface area contributed by atoms with Gasteiger partial charge in [0.05, 0.1) is 5.56 Å². The molecule has 0 saturated heterocycles. The van der Waals surface area contributed by atoms with Gasteiger partial charge in [-0.05, 0) is 107 Å². The Kier molecular flexibility index (Phi) is 6.02. The van der Waals surface area contributed by atoms with E-state index in [1.165, 1.54) is 16.2 Å². The number of halogens is 3. The van der Waals surface area contributed by atoms with E-state index in [1.807, 2.05) is 24.3 Å². The Hall–Kier alpha value is -5.41. The average Bonchev–Trinajstić information content (AvgIpc) is 3.06. The van der Waals surface area contributed by atoms with Crippen LogP contribution in [0.4, 0.5) is 13.2 Å². The smallest absolute Gasteiger partial charge is 0.166 e. The Labute approximate surface area is 252 Å². The lowest BCUT2D eigenvalue weighted by atomic mass is 9.84. The van der Waals surface area contributed by atoms with Gasteiger partial charge in [0.15, 0.2) is 0 Å². The van der Waals surface area contributed by atoms with Crippen LogP contribution in [0.25, 0.3) is 76.5 Å². The second-order valence-electron chi connectivity index (χ2n) is 11.3. The molecule has 8 rings (SSSR count). The van der Waals surface area contributed by atoms with Gasteiger partial charge in [-0.3, -0.25) is 0 Å². The van der Waals surface area contributed by atoms with Crippen LogP contribution >= 0.6 is 0 Å². The molecule has 0 saturated carbocycles. The summed E-state index contributed by atoms with van der Waals surface area (Å²) < 4.78 is 40.0. The molecule has 0 aliphatic heterocycles. The maximum atomic E-state index is 13.3. The summed E-state index contributed by atoms with van der Waals surface area (Å²) in [6, 6.07) is 50.1. The normalized spacial score (nSPS) is 12.0. The Morgan fingerprint density at radius 2 is 0.750 bits per heavy atom. The first-order valence-corrected chi connectivity index (χ1v) is 14.6. The summed E-state index contributed by atoms with van der Waals surface area (Å²) in [5.74, 6) is 0. The van der Waals surface area contributed by atoms with Gasteiger partial charge in [-0.25, -0.2) is 0 Å². The summed E-state index contributed by atoms with van der Waals surface area (Å²) >= 11 is 0. The van der Waals surface area contributed by atoms with Crippen molar-refractivity contribution < 1.29 is 13.2 Å². The maximum Gasteiger partial charge on any atom is 0.416 e. The van der Waals surface area contributed by atoms with E-state index in [-0.39, 0.29) is 0 Å². The Morgan fingerprint density at radius 3 is 1.30 bits per heavy atom. The van der Waals surface area contributed by atoms with Crippen molar-refractivity contribution in [2.24, 2.45) is 0 Å². The van der Waals surface area contributed by atoms with Crippen LogP contribution in [0.1, 0.15) is 5.56 Å². The van der Waals surface area contributed by atoms with Crippen molar-refractivity contribution in [2.45, 2.75) is 6.18 Å². The molecule has 210 valence electrons. The molecular formula is C41H25F3. The van der Waals surface area contributed by atoms with Gasteiger partial charge < -0.3 is 0 Å². The molecule has 0 nitrogen and oxygen atoms in total. The molecule has 0 fully saturated rings. The minimum absolute atomic E-state index is 0.650. The summed E-state index contributed by atoms with van der Waals surface area (Å²) in [7, 11) is 0. The van der Waals surface area contributed by atoms with Crippen molar-refractivity contribution in [3.8, 4) is 33.4 Å². The minimum atomic E-state index is -4.38. The van der Waals surface area contributed by atoms with Crippen molar-refractivity contribution >= 4 is 43.1 Å². The monoisotopic (exact) mass is 574 g/mol. The van der Waals surface area contributed by atoms with Gasteiger partial charge in [-0.1, -0.05) is 121 Å². The highest BCUT2D eigenvalue weighted by Crippen LogP contribution is 2.45. The van der Waals surface area contributed by atoms with E-state index in [2.05, 4.69) is 103 Å². The van der Waals surface area contributed by atoms with Crippen LogP contribution in [0.3, 0.4) is 0 Å². The summed E-state index contributed by atoms with van der Waals surface area (Å²) in [5.41, 5.74) is 5.43. The molecule has 0 heterocycles. The molecule has 0 amide bonds. The van der Waals surface area contributed by atoms with E-state index < -0.39 is 11.7 Å². The Morgan fingerprint density at radius 1 is 0.318 bits per heavy atom. The maximum absolute atomic E-state index is 13.3. The summed E-state index contributed by atoms with van der Waals surface area (Å²) in [6.45, 7) is 0. The van der Waals surface area contributed by atoms with Crippen molar-refractivity contribution in [1.29, 1.82) is 0 Å². The van der Waals surface area contributed by atoms with Crippen molar-refractivity contribution in [3.63, 3.8) is 0 Å². The molecule has 0 unspecified atom stereocenters. The fourth-order valence-corrected chi connectivity index (χ4v) is 6.52. The molecule has 0 radical (unpaired) electrons. The number of rotatable bonds is 3. The number of fused-ring (bicyclic) bond motifs is 4. The van der Waals surface area contributed by atoms with Crippen LogP contribution in [0.15, 0.2) is 152 Å². The second-order valence-corrected chi connectivity index (χ2v) is 11.3. The molecule has 8 aromatic rings. The SMILES string of the molecule is FC(F)(F)c1ccc(-c2ccc3c(-c4ccc5ccccc5c4)c4ccccc4c(-c4ccc5ccccc5c4)c3c2)cc1. The van der Waals surface area contributed by atoms with E-state index >= 15 is 0 Å². The molecule has 44 heavy (non-hydrogen) atoms. The van der Waals surface area contributed by atoms with E-state index in [4.69, 9.17) is 0 Å². The van der Waals surface area contributed by atoms with Gasteiger partial charge in [0.1, 0.15) is 0 Å². The number of hydrogen-bond acceptors (Lipinski definition) is 0. The Balaban J connectivity index is 1.46. The predicted molar refractivity (Wildman–Crippen MR) is 178 cm³/mol. The summed E-state index contributed by atoms with van der Waals surface area (Å²) in [6.07, 6.45) is -4.38. The second kappa shape index (κ2) is 10.1. The molecular weight excluding hydrogens is 549 g/mol. The first-order chi connectivity index (χ1) is 21.4. The van der Waals surface area contributed by atoms with Crippen LogP contribution in [0.5, 0.6) is 0 Å². The zero-order valence-corrected chi connectivity index (χ0v) is 23.6. The number of benzene rings is 8. The third-order valence-electron chi connectivity index (χ3n) is 8.65. The summed E-state index contributed by atoms with van der Waals surface area (Å²) in [5, 5.41) is 9.10. The fourth-order valence-electron chi connectivity index (χ4n) is 6.52. The molecule has 0 N–H and O–H groups in total. The first kappa shape index (κ1) is 26.2. The zero-order chi connectivity index (χ0) is 29.8.